The number of nitrogens with two attached hydrogens (primary N) is 1. The van der Waals surface area contributed by atoms with Gasteiger partial charge in [0.15, 0.2) is 0 Å². The first-order valence-electron chi connectivity index (χ1n) is 6.91. The van der Waals surface area contributed by atoms with Crippen molar-refractivity contribution >= 4 is 10.0 Å². The Kier molecular flexibility index (Phi) is 4.80. The molecule has 0 heterocycles. The fourth-order valence-electron chi connectivity index (χ4n) is 2.46. The average Bonchev–Trinajstić information content (AvgIpc) is 3.21. The second-order valence-corrected chi connectivity index (χ2v) is 7.02. The molecule has 0 spiro atoms. The topological polar surface area (TPSA) is 92.4 Å². The van der Waals surface area contributed by atoms with Crippen LogP contribution in [0.2, 0.25) is 0 Å². The maximum absolute atomic E-state index is 11.2. The van der Waals surface area contributed by atoms with Crippen molar-refractivity contribution in [1.29, 1.82) is 0 Å². The molecule has 5 nitrogen and oxygen atoms in total. The SMILES string of the molecule is CC(NC(CCO)C1CC1)c1ccc(S(N)(=O)=O)cc1. The summed E-state index contributed by atoms with van der Waals surface area (Å²) in [6.45, 7) is 2.23. The molecule has 6 heteroatoms. The zero-order valence-electron chi connectivity index (χ0n) is 11.6. The first-order chi connectivity index (χ1) is 9.41. The zero-order valence-corrected chi connectivity index (χ0v) is 12.4. The van der Waals surface area contributed by atoms with E-state index in [2.05, 4.69) is 5.32 Å². The lowest BCUT2D eigenvalue weighted by atomic mass is 10.0. The highest BCUT2D eigenvalue weighted by Crippen LogP contribution is 2.35. The summed E-state index contributed by atoms with van der Waals surface area (Å²) >= 11 is 0. The summed E-state index contributed by atoms with van der Waals surface area (Å²) in [4.78, 5) is 0.127. The van der Waals surface area contributed by atoms with Crippen molar-refractivity contribution in [3.8, 4) is 0 Å². The number of sulfonamides is 1. The number of hydrogen-bond donors (Lipinski definition) is 3. The molecule has 0 bridgehead atoms. The molecule has 1 aromatic rings. The van der Waals surface area contributed by atoms with Crippen molar-refractivity contribution in [2.24, 2.45) is 11.1 Å². The van der Waals surface area contributed by atoms with Crippen molar-refractivity contribution in [3.63, 3.8) is 0 Å². The molecule has 20 heavy (non-hydrogen) atoms. The fraction of sp³-hybridized carbons (Fsp3) is 0.571. The van der Waals surface area contributed by atoms with Crippen LogP contribution in [-0.2, 0) is 10.0 Å². The second kappa shape index (κ2) is 6.22. The molecule has 0 amide bonds. The number of benzene rings is 1. The maximum atomic E-state index is 11.2. The van der Waals surface area contributed by atoms with Crippen LogP contribution in [-0.4, -0.2) is 26.2 Å². The van der Waals surface area contributed by atoms with Crippen LogP contribution in [0.5, 0.6) is 0 Å². The highest BCUT2D eigenvalue weighted by atomic mass is 32.2. The maximum Gasteiger partial charge on any atom is 0.238 e. The van der Waals surface area contributed by atoms with E-state index in [1.807, 2.05) is 6.92 Å². The quantitative estimate of drug-likeness (QED) is 0.704. The third kappa shape index (κ3) is 4.02. The van der Waals surface area contributed by atoms with Gasteiger partial charge in [-0.25, -0.2) is 13.6 Å². The number of rotatable bonds is 7. The van der Waals surface area contributed by atoms with Gasteiger partial charge in [-0.1, -0.05) is 12.1 Å². The van der Waals surface area contributed by atoms with Gasteiger partial charge in [0.25, 0.3) is 0 Å². The summed E-state index contributed by atoms with van der Waals surface area (Å²) in [5.41, 5.74) is 1.01. The molecule has 1 saturated carbocycles. The van der Waals surface area contributed by atoms with E-state index in [1.54, 1.807) is 12.1 Å². The van der Waals surface area contributed by atoms with Crippen LogP contribution in [0.1, 0.15) is 37.8 Å². The molecule has 1 aliphatic rings. The van der Waals surface area contributed by atoms with Gasteiger partial charge >= 0.3 is 0 Å². The van der Waals surface area contributed by atoms with Gasteiger partial charge in [-0.15, -0.1) is 0 Å². The highest BCUT2D eigenvalue weighted by Gasteiger charge is 2.31. The van der Waals surface area contributed by atoms with Crippen molar-refractivity contribution in [1.82, 2.24) is 5.32 Å². The first-order valence-corrected chi connectivity index (χ1v) is 8.46. The Labute approximate surface area is 120 Å². The summed E-state index contributed by atoms with van der Waals surface area (Å²) in [5, 5.41) is 17.7. The van der Waals surface area contributed by atoms with Gasteiger partial charge in [-0.2, -0.15) is 0 Å². The standard InChI is InChI=1S/C14H22N2O3S/c1-10(16-14(8-9-17)12-2-3-12)11-4-6-13(7-5-11)20(15,18)19/h4-7,10,12,14,16-17H,2-3,8-9H2,1H3,(H2,15,18,19). The van der Waals surface area contributed by atoms with Crippen LogP contribution < -0.4 is 10.5 Å². The number of hydrogen-bond acceptors (Lipinski definition) is 4. The van der Waals surface area contributed by atoms with Gasteiger partial charge in [0.2, 0.25) is 10.0 Å². The van der Waals surface area contributed by atoms with Gasteiger partial charge in [0, 0.05) is 18.7 Å². The smallest absolute Gasteiger partial charge is 0.238 e. The highest BCUT2D eigenvalue weighted by molar-refractivity contribution is 7.89. The van der Waals surface area contributed by atoms with E-state index in [-0.39, 0.29) is 17.5 Å². The molecule has 4 N–H and O–H groups in total. The normalized spacial score (nSPS) is 18.8. The lowest BCUT2D eigenvalue weighted by Gasteiger charge is -2.23. The third-order valence-corrected chi connectivity index (χ3v) is 4.73. The molecular weight excluding hydrogens is 276 g/mol. The van der Waals surface area contributed by atoms with E-state index in [0.717, 1.165) is 12.0 Å². The summed E-state index contributed by atoms with van der Waals surface area (Å²) < 4.78 is 22.4. The summed E-state index contributed by atoms with van der Waals surface area (Å²) in [6.07, 6.45) is 3.19. The molecule has 0 aliphatic heterocycles. The van der Waals surface area contributed by atoms with Crippen molar-refractivity contribution in [2.45, 2.75) is 43.2 Å². The third-order valence-electron chi connectivity index (χ3n) is 3.80. The molecule has 0 radical (unpaired) electrons. The number of aliphatic hydroxyl groups excluding tert-OH is 1. The minimum Gasteiger partial charge on any atom is -0.396 e. The lowest BCUT2D eigenvalue weighted by Crippen LogP contribution is -2.34. The predicted octanol–water partition coefficient (Wildman–Crippen LogP) is 1.15. The van der Waals surface area contributed by atoms with Crippen LogP contribution in [0.3, 0.4) is 0 Å². The second-order valence-electron chi connectivity index (χ2n) is 5.46. The van der Waals surface area contributed by atoms with Gasteiger partial charge in [-0.3, -0.25) is 0 Å². The molecule has 2 unspecified atom stereocenters. The van der Waals surface area contributed by atoms with Crippen molar-refractivity contribution in [3.05, 3.63) is 29.8 Å². The van der Waals surface area contributed by atoms with Gasteiger partial charge in [0.1, 0.15) is 0 Å². The van der Waals surface area contributed by atoms with Crippen molar-refractivity contribution in [2.75, 3.05) is 6.61 Å². The minimum absolute atomic E-state index is 0.113. The van der Waals surface area contributed by atoms with Crippen LogP contribution in [0.4, 0.5) is 0 Å². The van der Waals surface area contributed by atoms with Crippen LogP contribution in [0.15, 0.2) is 29.2 Å². The first kappa shape index (κ1) is 15.4. The fourth-order valence-corrected chi connectivity index (χ4v) is 2.97. The summed E-state index contributed by atoms with van der Waals surface area (Å²) in [5.74, 6) is 0.660. The Bertz CT molecular complexity index is 538. The van der Waals surface area contributed by atoms with Crippen LogP contribution in [0, 0.1) is 5.92 Å². The Morgan fingerprint density at radius 2 is 1.95 bits per heavy atom. The van der Waals surface area contributed by atoms with Crippen molar-refractivity contribution < 1.29 is 13.5 Å². The molecule has 1 aromatic carbocycles. The number of nitrogens with one attached hydrogen (secondary N) is 1. The summed E-state index contributed by atoms with van der Waals surface area (Å²) in [7, 11) is -3.63. The van der Waals surface area contributed by atoms with Gasteiger partial charge in [-0.05, 0) is 49.8 Å². The molecular formula is C14H22N2O3S. The number of aliphatic hydroxyl groups is 1. The Morgan fingerprint density at radius 1 is 1.35 bits per heavy atom. The molecule has 112 valence electrons. The van der Waals surface area contributed by atoms with E-state index in [4.69, 9.17) is 10.2 Å². The van der Waals surface area contributed by atoms with E-state index < -0.39 is 10.0 Å². The Balaban J connectivity index is 2.03. The van der Waals surface area contributed by atoms with Gasteiger partial charge in [0.05, 0.1) is 4.90 Å². The Morgan fingerprint density at radius 3 is 2.40 bits per heavy atom. The lowest BCUT2D eigenvalue weighted by molar-refractivity contribution is 0.250. The molecule has 1 fully saturated rings. The van der Waals surface area contributed by atoms with E-state index in [9.17, 15) is 8.42 Å². The van der Waals surface area contributed by atoms with Crippen LogP contribution in [0.25, 0.3) is 0 Å². The molecule has 2 rings (SSSR count). The van der Waals surface area contributed by atoms with E-state index in [1.165, 1.54) is 25.0 Å². The number of primary sulfonamides is 1. The average molecular weight is 298 g/mol. The molecule has 1 aliphatic carbocycles. The predicted molar refractivity (Wildman–Crippen MR) is 77.6 cm³/mol. The summed E-state index contributed by atoms with van der Waals surface area (Å²) in [6, 6.07) is 7.05. The van der Waals surface area contributed by atoms with Gasteiger partial charge < -0.3 is 10.4 Å². The molecule has 0 saturated heterocycles. The van der Waals surface area contributed by atoms with E-state index >= 15 is 0 Å². The molecule has 0 aromatic heterocycles. The Hall–Kier alpha value is -0.950. The minimum atomic E-state index is -3.63. The van der Waals surface area contributed by atoms with Crippen LogP contribution >= 0.6 is 0 Å². The van der Waals surface area contributed by atoms with E-state index in [0.29, 0.717) is 12.0 Å². The zero-order chi connectivity index (χ0) is 14.8. The monoisotopic (exact) mass is 298 g/mol. The molecule has 2 atom stereocenters. The largest absolute Gasteiger partial charge is 0.396 e.